The van der Waals surface area contributed by atoms with Crippen LogP contribution in [0.4, 0.5) is 0 Å². The van der Waals surface area contributed by atoms with Crippen molar-refractivity contribution in [2.24, 2.45) is 0 Å². The second-order valence-corrected chi connectivity index (χ2v) is 11.3. The van der Waals surface area contributed by atoms with Gasteiger partial charge in [0, 0.05) is 49.3 Å². The lowest BCUT2D eigenvalue weighted by molar-refractivity contribution is -0.143. The number of fused-ring (bicyclic) bond motifs is 1. The highest BCUT2D eigenvalue weighted by atomic mass is 127. The van der Waals surface area contributed by atoms with E-state index in [1.807, 2.05) is 30.3 Å². The average molecular weight is 708 g/mol. The van der Waals surface area contributed by atoms with Crippen LogP contribution in [0.3, 0.4) is 0 Å². The molecule has 0 spiro atoms. The highest BCUT2D eigenvalue weighted by Gasteiger charge is 2.41. The van der Waals surface area contributed by atoms with Gasteiger partial charge in [-0.2, -0.15) is 0 Å². The molecule has 0 unspecified atom stereocenters. The van der Waals surface area contributed by atoms with Crippen molar-refractivity contribution in [1.82, 2.24) is 15.2 Å². The van der Waals surface area contributed by atoms with E-state index >= 15 is 0 Å². The predicted molar refractivity (Wildman–Crippen MR) is 169 cm³/mol. The number of H-pyrrole nitrogens is 1. The Hall–Kier alpha value is -3.17. The lowest BCUT2D eigenvalue weighted by atomic mass is 9.88. The third-order valence-corrected chi connectivity index (χ3v) is 8.10. The van der Waals surface area contributed by atoms with Crippen LogP contribution in [0.15, 0.2) is 54.1 Å². The van der Waals surface area contributed by atoms with E-state index in [2.05, 4.69) is 32.9 Å². The molecule has 1 heterocycles. The van der Waals surface area contributed by atoms with Gasteiger partial charge in [-0.3, -0.25) is 9.59 Å². The van der Waals surface area contributed by atoms with Gasteiger partial charge in [-0.25, -0.2) is 0 Å². The molecule has 0 saturated carbocycles. The lowest BCUT2D eigenvalue weighted by Gasteiger charge is -2.40. The Balaban J connectivity index is 1.67. The van der Waals surface area contributed by atoms with Crippen LogP contribution in [0, 0.1) is 3.57 Å². The number of hydrogen-bond acceptors (Lipinski definition) is 8. The first-order valence-electron chi connectivity index (χ1n) is 14.1. The third kappa shape index (κ3) is 8.06. The van der Waals surface area contributed by atoms with Crippen molar-refractivity contribution in [3.63, 3.8) is 0 Å². The van der Waals surface area contributed by atoms with E-state index in [1.165, 1.54) is 7.11 Å². The SMILES string of the molecule is CCOCC(=O)N(CCc1cc2ccccc2[nH]1)[C@@H]1CC(C(=O)NCCO)=C[C@H](Oc2c(I)cc(CO)cc2OC)[C@H]1O. The monoisotopic (exact) mass is 707 g/mol. The average Bonchev–Trinajstić information content (AvgIpc) is 3.44. The van der Waals surface area contributed by atoms with Gasteiger partial charge in [0.05, 0.1) is 29.9 Å². The standard InChI is InChI=1S/C31H38IN3O8/c1-3-42-18-28(38)35(10-8-22-14-20-6-4-5-7-24(20)34-22)25-15-21(31(40)33-9-11-36)16-26(29(25)39)43-30-23(32)12-19(17-37)13-27(30)41-2/h4-7,12-14,16,25-26,29,34,36-37,39H,3,8-11,15,17-18H2,1-2H3,(H,33,40)/t25-,26+,29+/m1/s1. The Labute approximate surface area is 264 Å². The number of benzene rings is 2. The van der Waals surface area contributed by atoms with Crippen molar-refractivity contribution in [2.45, 2.75) is 44.6 Å². The van der Waals surface area contributed by atoms with E-state index in [9.17, 15) is 24.9 Å². The summed E-state index contributed by atoms with van der Waals surface area (Å²) < 4.78 is 17.9. The maximum atomic E-state index is 13.5. The number of carbonyl (C=O) groups excluding carboxylic acids is 2. The topological polar surface area (TPSA) is 154 Å². The van der Waals surface area contributed by atoms with E-state index in [4.69, 9.17) is 14.2 Å². The first-order valence-corrected chi connectivity index (χ1v) is 15.2. The van der Waals surface area contributed by atoms with Crippen LogP contribution in [0.5, 0.6) is 11.5 Å². The van der Waals surface area contributed by atoms with Crippen LogP contribution in [-0.4, -0.2) is 95.3 Å². The van der Waals surface area contributed by atoms with Crippen molar-refractivity contribution >= 4 is 45.3 Å². The Morgan fingerprint density at radius 3 is 2.67 bits per heavy atom. The van der Waals surface area contributed by atoms with Gasteiger partial charge in [0.15, 0.2) is 11.5 Å². The molecule has 2 aromatic carbocycles. The van der Waals surface area contributed by atoms with Crippen LogP contribution >= 0.6 is 22.6 Å². The molecule has 0 aliphatic heterocycles. The Kier molecular flexibility index (Phi) is 11.8. The van der Waals surface area contributed by atoms with Gasteiger partial charge in [0.2, 0.25) is 11.8 Å². The number of carbonyl (C=O) groups is 2. The quantitative estimate of drug-likeness (QED) is 0.160. The molecule has 2 amide bonds. The molecule has 12 heteroatoms. The van der Waals surface area contributed by atoms with Gasteiger partial charge in [-0.05, 0) is 70.8 Å². The predicted octanol–water partition coefficient (Wildman–Crippen LogP) is 2.30. The van der Waals surface area contributed by atoms with Crippen LogP contribution in [0.25, 0.3) is 10.9 Å². The van der Waals surface area contributed by atoms with Crippen molar-refractivity contribution in [1.29, 1.82) is 0 Å². The summed E-state index contributed by atoms with van der Waals surface area (Å²) >= 11 is 2.06. The van der Waals surface area contributed by atoms with E-state index in [0.717, 1.165) is 16.6 Å². The summed E-state index contributed by atoms with van der Waals surface area (Å²) in [7, 11) is 1.47. The van der Waals surface area contributed by atoms with Gasteiger partial charge in [-0.1, -0.05) is 18.2 Å². The van der Waals surface area contributed by atoms with Gasteiger partial charge in [-0.15, -0.1) is 0 Å². The van der Waals surface area contributed by atoms with Crippen LogP contribution in [0.2, 0.25) is 0 Å². The number of aromatic amines is 1. The Morgan fingerprint density at radius 2 is 1.98 bits per heavy atom. The maximum Gasteiger partial charge on any atom is 0.248 e. The summed E-state index contributed by atoms with van der Waals surface area (Å²) in [6, 6.07) is 12.5. The fraction of sp³-hybridized carbons (Fsp3) is 0.419. The largest absolute Gasteiger partial charge is 0.493 e. The van der Waals surface area contributed by atoms with E-state index < -0.39 is 24.2 Å². The number of methoxy groups -OCH3 is 1. The fourth-order valence-corrected chi connectivity index (χ4v) is 5.94. The Bertz CT molecular complexity index is 1410. The number of hydrogen-bond donors (Lipinski definition) is 5. The highest BCUT2D eigenvalue weighted by Crippen LogP contribution is 2.37. The minimum Gasteiger partial charge on any atom is -0.493 e. The molecule has 3 atom stereocenters. The van der Waals surface area contributed by atoms with Gasteiger partial charge >= 0.3 is 0 Å². The first kappa shape index (κ1) is 32.7. The van der Waals surface area contributed by atoms with Crippen LogP contribution in [-0.2, 0) is 27.4 Å². The second kappa shape index (κ2) is 15.5. The van der Waals surface area contributed by atoms with Gasteiger partial charge < -0.3 is 44.7 Å². The van der Waals surface area contributed by atoms with Gasteiger partial charge in [0.25, 0.3) is 0 Å². The van der Waals surface area contributed by atoms with E-state index in [-0.39, 0.29) is 45.2 Å². The molecule has 0 bridgehead atoms. The summed E-state index contributed by atoms with van der Waals surface area (Å²) in [6.07, 6.45) is -0.134. The number of ether oxygens (including phenoxy) is 3. The summed E-state index contributed by atoms with van der Waals surface area (Å²) in [5.74, 6) is -0.0587. The molecular weight excluding hydrogens is 669 g/mol. The zero-order valence-electron chi connectivity index (χ0n) is 24.2. The number of halogens is 1. The number of aliphatic hydroxyl groups excluding tert-OH is 3. The summed E-state index contributed by atoms with van der Waals surface area (Å²) in [5.41, 5.74) is 2.85. The normalized spacial score (nSPS) is 18.3. The number of amides is 2. The molecule has 43 heavy (non-hydrogen) atoms. The van der Waals surface area contributed by atoms with Crippen molar-refractivity contribution in [3.8, 4) is 11.5 Å². The molecule has 4 rings (SSSR count). The molecule has 1 aliphatic carbocycles. The molecule has 0 saturated heterocycles. The first-order chi connectivity index (χ1) is 20.8. The zero-order chi connectivity index (χ0) is 30.9. The number of para-hydroxylation sites is 1. The molecule has 0 fully saturated rings. The number of aliphatic hydroxyl groups is 3. The number of aromatic nitrogens is 1. The second-order valence-electron chi connectivity index (χ2n) is 10.1. The van der Waals surface area contributed by atoms with Crippen molar-refractivity contribution in [3.05, 3.63) is 68.9 Å². The maximum absolute atomic E-state index is 13.5. The van der Waals surface area contributed by atoms with E-state index in [1.54, 1.807) is 30.0 Å². The number of nitrogens with zero attached hydrogens (tertiary/aromatic N) is 1. The minimum absolute atomic E-state index is 0.0522. The Morgan fingerprint density at radius 1 is 1.19 bits per heavy atom. The van der Waals surface area contributed by atoms with Crippen LogP contribution in [0.1, 0.15) is 24.6 Å². The van der Waals surface area contributed by atoms with Crippen molar-refractivity contribution in [2.75, 3.05) is 40.0 Å². The molecule has 11 nitrogen and oxygen atoms in total. The molecular formula is C31H38IN3O8. The molecule has 1 aliphatic rings. The molecule has 232 valence electrons. The number of rotatable bonds is 14. The minimum atomic E-state index is -1.21. The summed E-state index contributed by atoms with van der Waals surface area (Å²) in [5, 5.41) is 34.3. The van der Waals surface area contributed by atoms with Gasteiger partial charge in [0.1, 0.15) is 18.8 Å². The van der Waals surface area contributed by atoms with Crippen molar-refractivity contribution < 1.29 is 39.1 Å². The molecule has 3 aromatic rings. The molecule has 0 radical (unpaired) electrons. The fourth-order valence-electron chi connectivity index (χ4n) is 5.15. The van der Waals surface area contributed by atoms with Crippen LogP contribution < -0.4 is 14.8 Å². The highest BCUT2D eigenvalue weighted by molar-refractivity contribution is 14.1. The number of nitrogens with one attached hydrogen (secondary N) is 2. The smallest absolute Gasteiger partial charge is 0.248 e. The lowest BCUT2D eigenvalue weighted by Crippen LogP contribution is -2.56. The summed E-state index contributed by atoms with van der Waals surface area (Å²) in [6.45, 7) is 1.84. The molecule has 5 N–H and O–H groups in total. The van der Waals surface area contributed by atoms with E-state index in [0.29, 0.717) is 39.2 Å². The third-order valence-electron chi connectivity index (χ3n) is 7.30. The molecule has 1 aromatic heterocycles. The summed E-state index contributed by atoms with van der Waals surface area (Å²) in [4.78, 5) is 31.6. The zero-order valence-corrected chi connectivity index (χ0v) is 26.4.